The summed E-state index contributed by atoms with van der Waals surface area (Å²) < 4.78 is 21.5. The summed E-state index contributed by atoms with van der Waals surface area (Å²) in [6.45, 7) is 18.6. The van der Waals surface area contributed by atoms with Crippen molar-refractivity contribution in [2.75, 3.05) is 125 Å². The zero-order valence-corrected chi connectivity index (χ0v) is 36.4. The molecule has 9 nitrogen and oxygen atoms in total. The molecular weight excluding hydrogens is 771 g/mol. The zero-order chi connectivity index (χ0) is 41.2. The van der Waals surface area contributed by atoms with Crippen molar-refractivity contribution in [3.8, 4) is 0 Å². The summed E-state index contributed by atoms with van der Waals surface area (Å²) in [7, 11) is 1.68. The molecular formula is C47H66Cl2N4O5. The van der Waals surface area contributed by atoms with E-state index in [1.165, 1.54) is 22.3 Å². The second-order valence-corrected chi connectivity index (χ2v) is 14.9. The van der Waals surface area contributed by atoms with Gasteiger partial charge in [-0.1, -0.05) is 122 Å². The molecule has 0 amide bonds. The second kappa shape index (κ2) is 28.5. The van der Waals surface area contributed by atoms with Crippen molar-refractivity contribution in [2.24, 2.45) is 0 Å². The topological polar surface area (TPSA) is 70.1 Å². The lowest BCUT2D eigenvalue weighted by atomic mass is 9.96. The summed E-state index contributed by atoms with van der Waals surface area (Å²) in [5.41, 5.74) is 5.20. The maximum Gasteiger partial charge on any atom is 0.0701 e. The summed E-state index contributed by atoms with van der Waals surface area (Å²) in [6, 6.07) is 38.4. The van der Waals surface area contributed by atoms with Gasteiger partial charge in [0.2, 0.25) is 0 Å². The molecule has 318 valence electrons. The first-order valence-corrected chi connectivity index (χ1v) is 21.7. The van der Waals surface area contributed by atoms with Crippen LogP contribution < -0.4 is 0 Å². The summed E-state index contributed by atoms with van der Waals surface area (Å²) in [5, 5.41) is 10.3. The molecule has 0 aliphatic carbocycles. The number of hydrogen-bond acceptors (Lipinski definition) is 9. The van der Waals surface area contributed by atoms with Gasteiger partial charge in [0.25, 0.3) is 0 Å². The van der Waals surface area contributed by atoms with E-state index >= 15 is 0 Å². The Morgan fingerprint density at radius 3 is 1.19 bits per heavy atom. The highest BCUT2D eigenvalue weighted by Crippen LogP contribution is 2.32. The molecule has 2 atom stereocenters. The Morgan fingerprint density at radius 2 is 0.810 bits per heavy atom. The molecule has 2 saturated heterocycles. The molecule has 2 aliphatic rings. The zero-order valence-electron chi connectivity index (χ0n) is 34.9. The molecule has 1 N–H and O–H groups in total. The van der Waals surface area contributed by atoms with Crippen LogP contribution in [0.15, 0.2) is 109 Å². The Bertz CT molecular complexity index is 1590. The van der Waals surface area contributed by atoms with E-state index in [0.717, 1.165) is 82.1 Å². The lowest BCUT2D eigenvalue weighted by Crippen LogP contribution is -2.48. The minimum absolute atomic E-state index is 0.0909. The predicted octanol–water partition coefficient (Wildman–Crippen LogP) is 7.81. The maximum atomic E-state index is 8.78. The highest BCUT2D eigenvalue weighted by Gasteiger charge is 2.27. The van der Waals surface area contributed by atoms with Crippen molar-refractivity contribution in [3.05, 3.63) is 141 Å². The average molecular weight is 838 g/mol. The minimum Gasteiger partial charge on any atom is -0.394 e. The monoisotopic (exact) mass is 836 g/mol. The van der Waals surface area contributed by atoms with E-state index in [4.69, 9.17) is 47.3 Å². The lowest BCUT2D eigenvalue weighted by molar-refractivity contribution is 0.0146. The summed E-state index contributed by atoms with van der Waals surface area (Å²) in [5.74, 6) is 0. The van der Waals surface area contributed by atoms with Crippen LogP contribution in [0.3, 0.4) is 0 Å². The number of benzene rings is 4. The first-order chi connectivity index (χ1) is 28.6. The summed E-state index contributed by atoms with van der Waals surface area (Å²) in [6.07, 6.45) is 0. The number of rotatable bonds is 20. The van der Waals surface area contributed by atoms with Gasteiger partial charge >= 0.3 is 0 Å². The number of piperazine rings is 2. The quantitative estimate of drug-likeness (QED) is 0.0899. The number of halogens is 2. The van der Waals surface area contributed by atoms with Crippen LogP contribution in [0, 0.1) is 0 Å². The summed E-state index contributed by atoms with van der Waals surface area (Å²) in [4.78, 5) is 10.0. The Morgan fingerprint density at radius 1 is 0.466 bits per heavy atom. The van der Waals surface area contributed by atoms with Crippen molar-refractivity contribution < 1.29 is 24.1 Å². The van der Waals surface area contributed by atoms with E-state index < -0.39 is 0 Å². The molecule has 4 aromatic carbocycles. The first-order valence-electron chi connectivity index (χ1n) is 20.9. The third-order valence-corrected chi connectivity index (χ3v) is 10.8. The van der Waals surface area contributed by atoms with Crippen molar-refractivity contribution in [2.45, 2.75) is 25.9 Å². The van der Waals surface area contributed by atoms with Crippen LogP contribution in [-0.4, -0.2) is 150 Å². The minimum atomic E-state index is 0.0909. The van der Waals surface area contributed by atoms with Crippen molar-refractivity contribution in [1.82, 2.24) is 19.6 Å². The number of hydrogen-bond donors (Lipinski definition) is 1. The Kier molecular flexibility index (Phi) is 23.5. The Balaban J connectivity index is 0.000000248. The van der Waals surface area contributed by atoms with Crippen LogP contribution in [0.25, 0.3) is 0 Å². The number of aliphatic hydroxyl groups excluding tert-OH is 1. The molecule has 11 heteroatoms. The van der Waals surface area contributed by atoms with Gasteiger partial charge in [0.15, 0.2) is 0 Å². The van der Waals surface area contributed by atoms with Gasteiger partial charge in [-0.2, -0.15) is 0 Å². The van der Waals surface area contributed by atoms with Gasteiger partial charge in [0, 0.05) is 82.6 Å². The van der Waals surface area contributed by atoms with Crippen LogP contribution >= 0.6 is 23.2 Å². The van der Waals surface area contributed by atoms with Gasteiger partial charge in [0.1, 0.15) is 0 Å². The third kappa shape index (κ3) is 16.6. The molecule has 6 rings (SSSR count). The molecule has 0 spiro atoms. The van der Waals surface area contributed by atoms with E-state index in [-0.39, 0.29) is 18.7 Å². The highest BCUT2D eigenvalue weighted by atomic mass is 35.5. The van der Waals surface area contributed by atoms with Crippen molar-refractivity contribution in [1.29, 1.82) is 0 Å². The standard InChI is InChI=1S/C24H33ClN2O3.C21H27ClN2O2.C2H6/c1-28-17-18-30-20-19-29-16-15-26-11-13-27(14-12-26)24(21-5-3-2-4-6-21)22-7-9-23(25)10-8-22;22-20-8-6-19(7-9-20)21(18-4-2-1-3-5-18)24-12-10-23(11-13-24)14-16-26-17-15-25;1-2/h2-10,24H,11-20H2,1H3;1-9,21,25H,10-17H2;1-2H3. The molecule has 0 radical (unpaired) electrons. The smallest absolute Gasteiger partial charge is 0.0701 e. The maximum absolute atomic E-state index is 8.78. The molecule has 4 aromatic rings. The second-order valence-electron chi connectivity index (χ2n) is 14.0. The predicted molar refractivity (Wildman–Crippen MR) is 238 cm³/mol. The van der Waals surface area contributed by atoms with Crippen LogP contribution in [0.5, 0.6) is 0 Å². The molecule has 2 aliphatic heterocycles. The number of nitrogens with zero attached hydrogens (tertiary/aromatic N) is 4. The van der Waals surface area contributed by atoms with Gasteiger partial charge < -0.3 is 24.1 Å². The van der Waals surface area contributed by atoms with E-state index in [2.05, 4.69) is 105 Å². The van der Waals surface area contributed by atoms with Gasteiger partial charge in [0.05, 0.1) is 64.9 Å². The largest absolute Gasteiger partial charge is 0.394 e. The molecule has 0 aromatic heterocycles. The molecule has 58 heavy (non-hydrogen) atoms. The van der Waals surface area contributed by atoms with Gasteiger partial charge in [-0.3, -0.25) is 19.6 Å². The molecule has 2 heterocycles. The van der Waals surface area contributed by atoms with Crippen LogP contribution in [0.4, 0.5) is 0 Å². The fourth-order valence-electron chi connectivity index (χ4n) is 7.30. The number of aliphatic hydroxyl groups is 1. The van der Waals surface area contributed by atoms with Crippen molar-refractivity contribution in [3.63, 3.8) is 0 Å². The highest BCUT2D eigenvalue weighted by molar-refractivity contribution is 6.30. The van der Waals surface area contributed by atoms with Crippen LogP contribution in [0.2, 0.25) is 10.0 Å². The normalized spacial score (nSPS) is 16.4. The number of ether oxygens (including phenoxy) is 4. The molecule has 2 unspecified atom stereocenters. The SMILES string of the molecule is CC.COCCOCCOCCN1CCN(C(c2ccccc2)c2ccc(Cl)cc2)CC1.OCCOCCN1CCN(C(c2ccccc2)c2ccc(Cl)cc2)CC1. The molecule has 0 saturated carbocycles. The van der Waals surface area contributed by atoms with E-state index in [9.17, 15) is 0 Å². The Hall–Kier alpha value is -2.90. The number of methoxy groups -OCH3 is 1. The van der Waals surface area contributed by atoms with Crippen LogP contribution in [-0.2, 0) is 18.9 Å². The lowest BCUT2D eigenvalue weighted by Gasteiger charge is -2.39. The Labute approximate surface area is 358 Å². The average Bonchev–Trinajstić information content (AvgIpc) is 3.27. The fourth-order valence-corrected chi connectivity index (χ4v) is 7.55. The third-order valence-electron chi connectivity index (χ3n) is 10.3. The van der Waals surface area contributed by atoms with Crippen LogP contribution in [0.1, 0.15) is 48.2 Å². The van der Waals surface area contributed by atoms with E-state index in [1.807, 2.05) is 38.1 Å². The molecule has 0 bridgehead atoms. The first kappa shape index (κ1) is 47.8. The van der Waals surface area contributed by atoms with Gasteiger partial charge in [-0.15, -0.1) is 0 Å². The fraction of sp³-hybridized carbons (Fsp3) is 0.489. The van der Waals surface area contributed by atoms with E-state index in [0.29, 0.717) is 39.6 Å². The van der Waals surface area contributed by atoms with Gasteiger partial charge in [-0.25, -0.2) is 0 Å². The van der Waals surface area contributed by atoms with Crippen molar-refractivity contribution >= 4 is 23.2 Å². The van der Waals surface area contributed by atoms with E-state index in [1.54, 1.807) is 7.11 Å². The van der Waals surface area contributed by atoms with Gasteiger partial charge in [-0.05, 0) is 46.5 Å². The molecule has 2 fully saturated rings. The summed E-state index contributed by atoms with van der Waals surface area (Å²) >= 11 is 12.2.